The lowest BCUT2D eigenvalue weighted by molar-refractivity contribution is -0.136. The van der Waals surface area contributed by atoms with Gasteiger partial charge in [0.2, 0.25) is 5.91 Å². The summed E-state index contributed by atoms with van der Waals surface area (Å²) in [6.07, 6.45) is 1.49. The van der Waals surface area contributed by atoms with Gasteiger partial charge in [-0.3, -0.25) is 9.69 Å². The lowest BCUT2D eigenvalue weighted by Crippen LogP contribution is -2.44. The number of amides is 1. The van der Waals surface area contributed by atoms with Gasteiger partial charge in [-0.1, -0.05) is 6.07 Å². The van der Waals surface area contributed by atoms with E-state index < -0.39 is 0 Å². The number of nitrogens with one attached hydrogen (secondary N) is 1. The number of carbonyl (C=O) groups is 1. The molecule has 0 aliphatic carbocycles. The third-order valence-electron chi connectivity index (χ3n) is 5.24. The fourth-order valence-corrected chi connectivity index (χ4v) is 3.59. The molecule has 0 radical (unpaired) electrons. The van der Waals surface area contributed by atoms with Crippen molar-refractivity contribution in [2.24, 2.45) is 0 Å². The number of carbonyl (C=O) groups excluding carboxylic acids is 1. The van der Waals surface area contributed by atoms with E-state index in [1.165, 1.54) is 6.07 Å². The van der Waals surface area contributed by atoms with Gasteiger partial charge in [0.15, 0.2) is 0 Å². The number of hydrogen-bond acceptors (Lipinski definition) is 7. The highest BCUT2D eigenvalue weighted by Crippen LogP contribution is 2.23. The van der Waals surface area contributed by atoms with Gasteiger partial charge in [0.05, 0.1) is 31.7 Å². The minimum atomic E-state index is -0.384. The van der Waals surface area contributed by atoms with E-state index in [0.29, 0.717) is 64.1 Å². The Labute approximate surface area is 175 Å². The fraction of sp³-hybridized carbons (Fsp3) is 0.476. The van der Waals surface area contributed by atoms with Crippen molar-refractivity contribution in [1.29, 1.82) is 0 Å². The molecule has 2 aliphatic rings. The molecule has 2 saturated heterocycles. The monoisotopic (exact) mass is 415 g/mol. The molecule has 160 valence electrons. The third kappa shape index (κ3) is 5.50. The summed E-state index contributed by atoms with van der Waals surface area (Å²) in [6, 6.07) is 8.57. The molecule has 0 aromatic carbocycles. The van der Waals surface area contributed by atoms with Crippen molar-refractivity contribution in [3.8, 4) is 0 Å². The zero-order chi connectivity index (χ0) is 20.8. The van der Waals surface area contributed by atoms with Gasteiger partial charge in [-0.05, 0) is 24.3 Å². The maximum absolute atomic E-state index is 13.0. The molecule has 9 heteroatoms. The summed E-state index contributed by atoms with van der Waals surface area (Å²) in [4.78, 5) is 25.1. The summed E-state index contributed by atoms with van der Waals surface area (Å²) in [6.45, 7) is 5.37. The van der Waals surface area contributed by atoms with Crippen molar-refractivity contribution in [3.63, 3.8) is 0 Å². The molecule has 8 nitrogen and oxygen atoms in total. The Morgan fingerprint density at radius 3 is 2.80 bits per heavy atom. The van der Waals surface area contributed by atoms with E-state index in [9.17, 15) is 9.18 Å². The van der Waals surface area contributed by atoms with E-state index in [2.05, 4.69) is 20.2 Å². The molecule has 0 unspecified atom stereocenters. The molecule has 4 heterocycles. The number of nitrogens with zero attached hydrogens (tertiary/aromatic N) is 4. The summed E-state index contributed by atoms with van der Waals surface area (Å²) < 4.78 is 24.3. The highest BCUT2D eigenvalue weighted by molar-refractivity contribution is 5.76. The van der Waals surface area contributed by atoms with Crippen LogP contribution in [-0.2, 0) is 14.3 Å². The minimum Gasteiger partial charge on any atom is -0.378 e. The van der Waals surface area contributed by atoms with Crippen molar-refractivity contribution in [2.75, 3.05) is 57.9 Å². The number of anilines is 2. The number of hydrogen-bond donors (Lipinski definition) is 1. The molecule has 2 aromatic rings. The molecular weight excluding hydrogens is 389 g/mol. The van der Waals surface area contributed by atoms with Crippen LogP contribution in [0.1, 0.15) is 18.2 Å². The first-order valence-corrected chi connectivity index (χ1v) is 10.2. The Balaban J connectivity index is 1.32. The molecule has 30 heavy (non-hydrogen) atoms. The average molecular weight is 415 g/mol. The van der Waals surface area contributed by atoms with Crippen molar-refractivity contribution in [2.45, 2.75) is 12.5 Å². The van der Waals surface area contributed by atoms with Crippen LogP contribution in [0.5, 0.6) is 0 Å². The molecular formula is C21H26FN5O3. The predicted molar refractivity (Wildman–Crippen MR) is 109 cm³/mol. The van der Waals surface area contributed by atoms with Crippen molar-refractivity contribution in [1.82, 2.24) is 19.8 Å². The van der Waals surface area contributed by atoms with E-state index in [-0.39, 0.29) is 17.8 Å². The first-order valence-electron chi connectivity index (χ1n) is 10.2. The second kappa shape index (κ2) is 9.92. The van der Waals surface area contributed by atoms with Gasteiger partial charge in [0.1, 0.15) is 23.6 Å². The van der Waals surface area contributed by atoms with Gasteiger partial charge >= 0.3 is 0 Å². The second-order valence-electron chi connectivity index (χ2n) is 7.34. The SMILES string of the molecule is O=C(CCN1CCO[C@@H](c2cccc(Nc3ccc(F)cn3)n2)C1)N1CCOCC1. The maximum Gasteiger partial charge on any atom is 0.224 e. The van der Waals surface area contributed by atoms with E-state index in [1.807, 2.05) is 23.1 Å². The molecule has 1 amide bonds. The van der Waals surface area contributed by atoms with Crippen LogP contribution in [0.15, 0.2) is 36.5 Å². The maximum atomic E-state index is 13.0. The Hall–Kier alpha value is -2.62. The molecule has 0 saturated carbocycles. The minimum absolute atomic E-state index is 0.167. The quantitative estimate of drug-likeness (QED) is 0.773. The Bertz CT molecular complexity index is 845. The molecule has 2 aliphatic heterocycles. The first kappa shape index (κ1) is 20.6. The summed E-state index contributed by atoms with van der Waals surface area (Å²) in [7, 11) is 0. The van der Waals surface area contributed by atoms with E-state index >= 15 is 0 Å². The van der Waals surface area contributed by atoms with Crippen LogP contribution in [0.3, 0.4) is 0 Å². The van der Waals surface area contributed by atoms with Crippen LogP contribution < -0.4 is 5.32 Å². The lowest BCUT2D eigenvalue weighted by Gasteiger charge is -2.33. The smallest absolute Gasteiger partial charge is 0.224 e. The van der Waals surface area contributed by atoms with Gasteiger partial charge in [-0.2, -0.15) is 0 Å². The Kier molecular flexibility index (Phi) is 6.83. The third-order valence-corrected chi connectivity index (χ3v) is 5.24. The summed E-state index contributed by atoms with van der Waals surface area (Å²) in [5.41, 5.74) is 0.811. The van der Waals surface area contributed by atoms with Gasteiger partial charge in [0.25, 0.3) is 0 Å². The Morgan fingerprint density at radius 2 is 2.00 bits per heavy atom. The standard InChI is InChI=1S/C21H26FN5O3/c22-16-4-5-19(23-14-16)25-20-3-1-2-17(24-20)18-15-26(8-13-30-18)7-6-21(28)27-9-11-29-12-10-27/h1-5,14,18H,6-13,15H2,(H,23,24,25)/t18-/m1/s1. The predicted octanol–water partition coefficient (Wildman–Crippen LogP) is 1.98. The highest BCUT2D eigenvalue weighted by atomic mass is 19.1. The van der Waals surface area contributed by atoms with E-state index in [0.717, 1.165) is 18.4 Å². The second-order valence-corrected chi connectivity index (χ2v) is 7.34. The van der Waals surface area contributed by atoms with Gasteiger partial charge < -0.3 is 19.7 Å². The molecule has 4 rings (SSSR count). The van der Waals surface area contributed by atoms with Crippen LogP contribution in [0.4, 0.5) is 16.0 Å². The van der Waals surface area contributed by atoms with Crippen LogP contribution in [0.25, 0.3) is 0 Å². The number of pyridine rings is 2. The van der Waals surface area contributed by atoms with Gasteiger partial charge in [0, 0.05) is 39.1 Å². The van der Waals surface area contributed by atoms with Crippen molar-refractivity contribution in [3.05, 3.63) is 48.0 Å². The van der Waals surface area contributed by atoms with Crippen molar-refractivity contribution < 1.29 is 18.7 Å². The molecule has 0 bridgehead atoms. The first-order chi connectivity index (χ1) is 14.7. The highest BCUT2D eigenvalue weighted by Gasteiger charge is 2.25. The number of halogens is 1. The van der Waals surface area contributed by atoms with E-state index in [4.69, 9.17) is 9.47 Å². The molecule has 0 spiro atoms. The molecule has 2 aromatic heterocycles. The summed E-state index contributed by atoms with van der Waals surface area (Å²) >= 11 is 0. The van der Waals surface area contributed by atoms with Gasteiger partial charge in [-0.15, -0.1) is 0 Å². The van der Waals surface area contributed by atoms with Gasteiger partial charge in [-0.25, -0.2) is 14.4 Å². The zero-order valence-electron chi connectivity index (χ0n) is 16.8. The summed E-state index contributed by atoms with van der Waals surface area (Å²) in [5.74, 6) is 0.936. The topological polar surface area (TPSA) is 79.8 Å². The van der Waals surface area contributed by atoms with Crippen molar-refractivity contribution >= 4 is 17.5 Å². The average Bonchev–Trinajstić information content (AvgIpc) is 2.80. The van der Waals surface area contributed by atoms with Crippen LogP contribution in [0, 0.1) is 5.82 Å². The lowest BCUT2D eigenvalue weighted by atomic mass is 10.1. The van der Waals surface area contributed by atoms with Crippen LogP contribution in [0.2, 0.25) is 0 Å². The number of morpholine rings is 2. The van der Waals surface area contributed by atoms with Crippen LogP contribution >= 0.6 is 0 Å². The van der Waals surface area contributed by atoms with E-state index in [1.54, 1.807) is 6.07 Å². The Morgan fingerprint density at radius 1 is 1.13 bits per heavy atom. The fourth-order valence-electron chi connectivity index (χ4n) is 3.59. The number of aromatic nitrogens is 2. The van der Waals surface area contributed by atoms with Crippen LogP contribution in [-0.4, -0.2) is 78.2 Å². The largest absolute Gasteiger partial charge is 0.378 e. The number of ether oxygens (including phenoxy) is 2. The molecule has 1 atom stereocenters. The normalized spacial score (nSPS) is 20.2. The summed E-state index contributed by atoms with van der Waals surface area (Å²) in [5, 5.41) is 3.08. The number of rotatable bonds is 6. The zero-order valence-corrected chi connectivity index (χ0v) is 16.8. The molecule has 1 N–H and O–H groups in total. The molecule has 2 fully saturated rings.